The molecule has 2 aromatic carbocycles. The quantitative estimate of drug-likeness (QED) is 0.674. The third-order valence-electron chi connectivity index (χ3n) is 4.49. The molecule has 1 amide bonds. The second-order valence-corrected chi connectivity index (χ2v) is 6.54. The van der Waals surface area contributed by atoms with E-state index in [1.807, 2.05) is 6.07 Å². The maximum absolute atomic E-state index is 13.6. The van der Waals surface area contributed by atoms with E-state index in [1.54, 1.807) is 12.1 Å². The predicted octanol–water partition coefficient (Wildman–Crippen LogP) is 3.60. The molecule has 4 rings (SSSR count). The summed E-state index contributed by atoms with van der Waals surface area (Å²) in [5, 5.41) is 8.96. The van der Waals surface area contributed by atoms with Gasteiger partial charge in [-0.05, 0) is 30.3 Å². The van der Waals surface area contributed by atoms with Crippen LogP contribution in [0.3, 0.4) is 0 Å². The highest BCUT2D eigenvalue weighted by Gasteiger charge is 2.27. The molecule has 0 radical (unpaired) electrons. The number of carbonyl (C=O) groups is 1. The SMILES string of the molecule is N#Cc1cc(F)cc(C(=O)N2CCc3nc(COc4cccc(F)c4)oc3C2)c1. The molecule has 0 aliphatic carbocycles. The Hall–Kier alpha value is -3.73. The van der Waals surface area contributed by atoms with Gasteiger partial charge in [0.15, 0.2) is 6.61 Å². The van der Waals surface area contributed by atoms with Crippen molar-refractivity contribution in [2.75, 3.05) is 6.54 Å². The maximum atomic E-state index is 13.6. The Morgan fingerprint density at radius 3 is 2.90 bits per heavy atom. The lowest BCUT2D eigenvalue weighted by Gasteiger charge is -2.25. The number of oxazole rings is 1. The average Bonchev–Trinajstić information content (AvgIpc) is 3.13. The van der Waals surface area contributed by atoms with Gasteiger partial charge >= 0.3 is 0 Å². The van der Waals surface area contributed by atoms with Gasteiger partial charge in [0.25, 0.3) is 5.91 Å². The molecule has 0 atom stereocenters. The molecule has 0 saturated carbocycles. The fraction of sp³-hybridized carbons (Fsp3) is 0.190. The van der Waals surface area contributed by atoms with Crippen LogP contribution in [0.15, 0.2) is 46.9 Å². The van der Waals surface area contributed by atoms with Gasteiger partial charge in [0.05, 0.1) is 23.9 Å². The van der Waals surface area contributed by atoms with Gasteiger partial charge < -0.3 is 14.1 Å². The average molecular weight is 395 g/mol. The van der Waals surface area contributed by atoms with Crippen molar-refractivity contribution in [2.24, 2.45) is 0 Å². The van der Waals surface area contributed by atoms with Gasteiger partial charge in [-0.25, -0.2) is 13.8 Å². The molecule has 8 heteroatoms. The minimum atomic E-state index is -0.637. The molecule has 2 heterocycles. The zero-order valence-electron chi connectivity index (χ0n) is 15.2. The zero-order valence-corrected chi connectivity index (χ0v) is 15.2. The van der Waals surface area contributed by atoms with Crippen LogP contribution in [0, 0.1) is 23.0 Å². The Morgan fingerprint density at radius 1 is 1.24 bits per heavy atom. The summed E-state index contributed by atoms with van der Waals surface area (Å²) in [5.74, 6) is -0.217. The van der Waals surface area contributed by atoms with Gasteiger partial charge in [0.1, 0.15) is 23.1 Å². The van der Waals surface area contributed by atoms with Crippen molar-refractivity contribution in [3.63, 3.8) is 0 Å². The van der Waals surface area contributed by atoms with Crippen LogP contribution in [-0.4, -0.2) is 22.3 Å². The van der Waals surface area contributed by atoms with Gasteiger partial charge in [-0.2, -0.15) is 5.26 Å². The van der Waals surface area contributed by atoms with Crippen molar-refractivity contribution in [1.82, 2.24) is 9.88 Å². The molecule has 1 aliphatic rings. The topological polar surface area (TPSA) is 79.4 Å². The first-order valence-electron chi connectivity index (χ1n) is 8.87. The zero-order chi connectivity index (χ0) is 20.4. The standard InChI is InChI=1S/C21H15F2N3O3/c22-15-2-1-3-17(9-15)28-12-20-25-18-4-5-26(11-19(18)29-20)21(27)14-6-13(10-24)7-16(23)8-14/h1-3,6-9H,4-5,11-12H2. The van der Waals surface area contributed by atoms with Gasteiger partial charge in [-0.1, -0.05) is 6.07 Å². The number of rotatable bonds is 4. The van der Waals surface area contributed by atoms with E-state index in [0.29, 0.717) is 30.4 Å². The summed E-state index contributed by atoms with van der Waals surface area (Å²) in [6.07, 6.45) is 0.477. The van der Waals surface area contributed by atoms with Crippen molar-refractivity contribution in [1.29, 1.82) is 5.26 Å². The number of amides is 1. The summed E-state index contributed by atoms with van der Waals surface area (Å²) in [6.45, 7) is 0.598. The van der Waals surface area contributed by atoms with Crippen molar-refractivity contribution in [3.8, 4) is 11.8 Å². The summed E-state index contributed by atoms with van der Waals surface area (Å²) in [4.78, 5) is 18.6. The second-order valence-electron chi connectivity index (χ2n) is 6.54. The summed E-state index contributed by atoms with van der Waals surface area (Å²) in [5.41, 5.74) is 0.922. The molecule has 0 saturated heterocycles. The highest BCUT2D eigenvalue weighted by atomic mass is 19.1. The summed E-state index contributed by atoms with van der Waals surface area (Å²) >= 11 is 0. The molecule has 6 nitrogen and oxygen atoms in total. The Kier molecular flexibility index (Phi) is 4.96. The van der Waals surface area contributed by atoms with Gasteiger partial charge in [0.2, 0.25) is 5.89 Å². The fourth-order valence-corrected chi connectivity index (χ4v) is 3.15. The van der Waals surface area contributed by atoms with Crippen LogP contribution >= 0.6 is 0 Å². The number of ether oxygens (including phenoxy) is 1. The van der Waals surface area contributed by atoms with E-state index in [-0.39, 0.29) is 30.2 Å². The first kappa shape index (κ1) is 18.6. The Bertz CT molecular complexity index is 1120. The normalized spacial score (nSPS) is 12.9. The highest BCUT2D eigenvalue weighted by molar-refractivity contribution is 5.94. The van der Waals surface area contributed by atoms with E-state index in [4.69, 9.17) is 14.4 Å². The molecule has 0 N–H and O–H groups in total. The summed E-state index contributed by atoms with van der Waals surface area (Å²) < 4.78 is 38.0. The minimum absolute atomic E-state index is 0.0276. The second kappa shape index (κ2) is 7.72. The third-order valence-corrected chi connectivity index (χ3v) is 4.49. The van der Waals surface area contributed by atoms with Gasteiger partial charge in [-0.3, -0.25) is 4.79 Å². The number of hydrogen-bond donors (Lipinski definition) is 0. The monoisotopic (exact) mass is 395 g/mol. The number of nitrogens with zero attached hydrogens (tertiary/aromatic N) is 3. The fourth-order valence-electron chi connectivity index (χ4n) is 3.15. The molecule has 29 heavy (non-hydrogen) atoms. The summed E-state index contributed by atoms with van der Waals surface area (Å²) in [7, 11) is 0. The van der Waals surface area contributed by atoms with Crippen LogP contribution in [0.1, 0.15) is 33.3 Å². The predicted molar refractivity (Wildman–Crippen MR) is 96.8 cm³/mol. The number of nitriles is 1. The van der Waals surface area contributed by atoms with E-state index in [9.17, 15) is 13.6 Å². The van der Waals surface area contributed by atoms with Crippen LogP contribution in [0.25, 0.3) is 0 Å². The van der Waals surface area contributed by atoms with Crippen LogP contribution < -0.4 is 4.74 Å². The van der Waals surface area contributed by atoms with Crippen molar-refractivity contribution >= 4 is 5.91 Å². The molecule has 1 aromatic heterocycles. The molecular formula is C21H15F2N3O3. The number of benzene rings is 2. The van der Waals surface area contributed by atoms with Gasteiger partial charge in [0, 0.05) is 24.6 Å². The lowest BCUT2D eigenvalue weighted by Crippen LogP contribution is -2.35. The number of fused-ring (bicyclic) bond motifs is 1. The minimum Gasteiger partial charge on any atom is -0.484 e. The van der Waals surface area contributed by atoms with Crippen molar-refractivity contribution in [2.45, 2.75) is 19.6 Å². The van der Waals surface area contributed by atoms with Crippen LogP contribution in [0.4, 0.5) is 8.78 Å². The lowest BCUT2D eigenvalue weighted by molar-refractivity contribution is 0.0717. The molecular weight excluding hydrogens is 380 g/mol. The Balaban J connectivity index is 1.45. The number of hydrogen-bond acceptors (Lipinski definition) is 5. The van der Waals surface area contributed by atoms with Crippen LogP contribution in [0.5, 0.6) is 5.75 Å². The first-order valence-corrected chi connectivity index (χ1v) is 8.87. The van der Waals surface area contributed by atoms with Crippen LogP contribution in [-0.2, 0) is 19.6 Å². The molecule has 0 fully saturated rings. The smallest absolute Gasteiger partial charge is 0.254 e. The molecule has 0 unspecified atom stereocenters. The number of aromatic nitrogens is 1. The Labute approximate surface area is 165 Å². The van der Waals surface area contributed by atoms with E-state index in [1.165, 1.54) is 23.1 Å². The van der Waals surface area contributed by atoms with E-state index in [0.717, 1.165) is 17.8 Å². The molecule has 1 aliphatic heterocycles. The largest absolute Gasteiger partial charge is 0.484 e. The van der Waals surface area contributed by atoms with Gasteiger partial charge in [-0.15, -0.1) is 0 Å². The summed E-state index contributed by atoms with van der Waals surface area (Å²) in [6, 6.07) is 11.1. The molecule has 3 aromatic rings. The molecule has 0 bridgehead atoms. The maximum Gasteiger partial charge on any atom is 0.254 e. The Morgan fingerprint density at radius 2 is 2.10 bits per heavy atom. The van der Waals surface area contributed by atoms with Crippen molar-refractivity contribution in [3.05, 3.63) is 82.6 Å². The van der Waals surface area contributed by atoms with E-state index < -0.39 is 11.6 Å². The first-order chi connectivity index (χ1) is 14.0. The molecule has 0 spiro atoms. The number of carbonyl (C=O) groups excluding carboxylic acids is 1. The van der Waals surface area contributed by atoms with E-state index in [2.05, 4.69) is 4.98 Å². The van der Waals surface area contributed by atoms with Crippen LogP contribution in [0.2, 0.25) is 0 Å². The lowest BCUT2D eigenvalue weighted by atomic mass is 10.1. The van der Waals surface area contributed by atoms with Crippen molar-refractivity contribution < 1.29 is 22.7 Å². The number of halogens is 2. The third kappa shape index (κ3) is 4.09. The highest BCUT2D eigenvalue weighted by Crippen LogP contribution is 2.23. The molecule has 146 valence electrons. The van der Waals surface area contributed by atoms with E-state index >= 15 is 0 Å².